The van der Waals surface area contributed by atoms with Crippen LogP contribution in [0.5, 0.6) is 0 Å². The van der Waals surface area contributed by atoms with Gasteiger partial charge in [-0.3, -0.25) is 4.79 Å². The maximum absolute atomic E-state index is 10.2. The molecule has 0 aromatic carbocycles. The predicted molar refractivity (Wildman–Crippen MR) is 44.2 cm³/mol. The minimum atomic E-state index is -0.185. The van der Waals surface area contributed by atoms with Crippen LogP contribution in [0.1, 0.15) is 27.2 Å². The topological polar surface area (TPSA) is 46.5 Å². The highest BCUT2D eigenvalue weighted by Gasteiger charge is 1.94. The van der Waals surface area contributed by atoms with E-state index in [2.05, 4.69) is 13.8 Å². The van der Waals surface area contributed by atoms with Gasteiger partial charge in [-0.2, -0.15) is 0 Å². The largest absolute Gasteiger partial charge is 0.466 e. The molecule has 0 bridgehead atoms. The van der Waals surface area contributed by atoms with Crippen LogP contribution in [0.4, 0.5) is 0 Å². The fourth-order valence-corrected chi connectivity index (χ4v) is 0.438. The van der Waals surface area contributed by atoms with Crippen molar-refractivity contribution in [1.29, 1.82) is 0 Å². The molecule has 0 spiro atoms. The Morgan fingerprint density at radius 3 is 2.18 bits per heavy atom. The van der Waals surface area contributed by atoms with Crippen LogP contribution in [0.15, 0.2) is 0 Å². The van der Waals surface area contributed by atoms with Gasteiger partial charge in [0.1, 0.15) is 0 Å². The molecule has 0 saturated heterocycles. The second-order valence-corrected chi connectivity index (χ2v) is 2.52. The van der Waals surface area contributed by atoms with Crippen LogP contribution in [0.25, 0.3) is 0 Å². The Labute approximate surface area is 68.4 Å². The van der Waals surface area contributed by atoms with E-state index in [1.165, 1.54) is 6.92 Å². The van der Waals surface area contributed by atoms with Gasteiger partial charge in [-0.25, -0.2) is 0 Å². The lowest BCUT2D eigenvalue weighted by Gasteiger charge is -2.02. The molecule has 1 N–H and O–H groups in total. The van der Waals surface area contributed by atoms with Crippen molar-refractivity contribution < 1.29 is 14.6 Å². The molecule has 0 heterocycles. The molecule has 0 aliphatic rings. The Balaban J connectivity index is 0. The van der Waals surface area contributed by atoms with Crippen LogP contribution >= 0.6 is 0 Å². The van der Waals surface area contributed by atoms with Crippen molar-refractivity contribution in [1.82, 2.24) is 0 Å². The summed E-state index contributed by atoms with van der Waals surface area (Å²) in [6.07, 6.45) is 0.958. The zero-order valence-corrected chi connectivity index (χ0v) is 7.76. The molecule has 0 unspecified atom stereocenters. The molecule has 0 aliphatic carbocycles. The molecule has 0 aromatic heterocycles. The highest BCUT2D eigenvalue weighted by Crippen LogP contribution is 1.98. The summed E-state index contributed by atoms with van der Waals surface area (Å²) in [6.45, 7) is 6.19. The third-order valence-corrected chi connectivity index (χ3v) is 1.00. The zero-order chi connectivity index (χ0) is 9.28. The van der Waals surface area contributed by atoms with Crippen LogP contribution < -0.4 is 0 Å². The van der Waals surface area contributed by atoms with Crippen molar-refractivity contribution in [2.45, 2.75) is 27.2 Å². The molecule has 3 nitrogen and oxygen atoms in total. The van der Waals surface area contributed by atoms with Crippen LogP contribution in [-0.4, -0.2) is 24.8 Å². The Morgan fingerprint density at radius 1 is 1.45 bits per heavy atom. The van der Waals surface area contributed by atoms with Crippen molar-refractivity contribution >= 4 is 5.97 Å². The summed E-state index contributed by atoms with van der Waals surface area (Å²) in [7, 11) is 1.00. The molecule has 0 rings (SSSR count). The molecule has 11 heavy (non-hydrogen) atoms. The van der Waals surface area contributed by atoms with Crippen molar-refractivity contribution in [3.63, 3.8) is 0 Å². The number of hydrogen-bond acceptors (Lipinski definition) is 3. The Morgan fingerprint density at radius 2 is 1.91 bits per heavy atom. The summed E-state index contributed by atoms with van der Waals surface area (Å²) in [6, 6.07) is 0. The lowest BCUT2D eigenvalue weighted by molar-refractivity contribution is -0.141. The number of aliphatic hydroxyl groups excluding tert-OH is 1. The van der Waals surface area contributed by atoms with E-state index in [9.17, 15) is 4.79 Å². The van der Waals surface area contributed by atoms with Crippen molar-refractivity contribution in [2.24, 2.45) is 5.92 Å². The van der Waals surface area contributed by atoms with E-state index in [4.69, 9.17) is 9.84 Å². The van der Waals surface area contributed by atoms with E-state index >= 15 is 0 Å². The van der Waals surface area contributed by atoms with Crippen molar-refractivity contribution in [2.75, 3.05) is 13.7 Å². The maximum Gasteiger partial charge on any atom is 0.302 e. The average molecular weight is 162 g/mol. The highest BCUT2D eigenvalue weighted by atomic mass is 16.5. The van der Waals surface area contributed by atoms with Crippen LogP contribution in [0.2, 0.25) is 0 Å². The van der Waals surface area contributed by atoms with E-state index < -0.39 is 0 Å². The molecule has 0 radical (unpaired) electrons. The van der Waals surface area contributed by atoms with Gasteiger partial charge in [0.2, 0.25) is 0 Å². The average Bonchev–Trinajstić information content (AvgIpc) is 1.90. The van der Waals surface area contributed by atoms with E-state index in [1.807, 2.05) is 0 Å². The molecule has 0 saturated carbocycles. The van der Waals surface area contributed by atoms with Gasteiger partial charge in [-0.05, 0) is 12.3 Å². The summed E-state index contributed by atoms with van der Waals surface area (Å²) in [4.78, 5) is 10.2. The van der Waals surface area contributed by atoms with E-state index in [0.717, 1.165) is 13.5 Å². The van der Waals surface area contributed by atoms with Crippen LogP contribution in [0, 0.1) is 5.92 Å². The number of hydrogen-bond donors (Lipinski definition) is 1. The van der Waals surface area contributed by atoms with Crippen molar-refractivity contribution in [3.8, 4) is 0 Å². The standard InChI is InChI=1S/C7H14O2.CH4O/c1-6(2)4-5-9-7(3)8;1-2/h6H,4-5H2,1-3H3;2H,1H3. The third kappa shape index (κ3) is 17.7. The van der Waals surface area contributed by atoms with Crippen molar-refractivity contribution in [3.05, 3.63) is 0 Å². The van der Waals surface area contributed by atoms with Gasteiger partial charge in [-0.1, -0.05) is 13.8 Å². The summed E-state index contributed by atoms with van der Waals surface area (Å²) in [5.41, 5.74) is 0. The van der Waals surface area contributed by atoms with Crippen LogP contribution in [0.3, 0.4) is 0 Å². The quantitative estimate of drug-likeness (QED) is 0.634. The first-order chi connectivity index (χ1) is 5.13. The monoisotopic (exact) mass is 162 g/mol. The zero-order valence-electron chi connectivity index (χ0n) is 7.76. The molecule has 0 fully saturated rings. The summed E-state index contributed by atoms with van der Waals surface area (Å²) in [5, 5.41) is 7.00. The molecule has 3 heteroatoms. The summed E-state index contributed by atoms with van der Waals surface area (Å²) in [5.74, 6) is 0.431. The minimum Gasteiger partial charge on any atom is -0.466 e. The Bertz CT molecular complexity index is 89.3. The lowest BCUT2D eigenvalue weighted by atomic mass is 10.1. The van der Waals surface area contributed by atoms with Gasteiger partial charge >= 0.3 is 5.97 Å². The molecule has 0 aliphatic heterocycles. The molecule has 0 amide bonds. The highest BCUT2D eigenvalue weighted by molar-refractivity contribution is 5.65. The molecule has 0 aromatic rings. The maximum atomic E-state index is 10.2. The van der Waals surface area contributed by atoms with Gasteiger partial charge in [-0.15, -0.1) is 0 Å². The van der Waals surface area contributed by atoms with Crippen LogP contribution in [-0.2, 0) is 9.53 Å². The summed E-state index contributed by atoms with van der Waals surface area (Å²) < 4.78 is 4.71. The summed E-state index contributed by atoms with van der Waals surface area (Å²) >= 11 is 0. The number of aliphatic hydroxyl groups is 1. The van der Waals surface area contributed by atoms with E-state index in [-0.39, 0.29) is 5.97 Å². The van der Waals surface area contributed by atoms with Gasteiger partial charge in [0.05, 0.1) is 6.61 Å². The second-order valence-electron chi connectivity index (χ2n) is 2.52. The van der Waals surface area contributed by atoms with Gasteiger partial charge in [0.15, 0.2) is 0 Å². The Hall–Kier alpha value is -0.570. The van der Waals surface area contributed by atoms with Gasteiger partial charge in [0, 0.05) is 14.0 Å². The second kappa shape index (κ2) is 9.43. The smallest absolute Gasteiger partial charge is 0.302 e. The number of carbonyl (C=O) groups excluding carboxylic acids is 1. The predicted octanol–water partition coefficient (Wildman–Crippen LogP) is 1.20. The molecule has 68 valence electrons. The normalized spacial score (nSPS) is 8.55. The SMILES string of the molecule is CC(=O)OCCC(C)C.CO. The fourth-order valence-electron chi connectivity index (χ4n) is 0.438. The van der Waals surface area contributed by atoms with E-state index in [1.54, 1.807) is 0 Å². The Kier molecular flexibility index (Phi) is 11.2. The number of rotatable bonds is 3. The first-order valence-corrected chi connectivity index (χ1v) is 3.71. The number of esters is 1. The number of carbonyl (C=O) groups is 1. The first kappa shape index (κ1) is 13.1. The minimum absolute atomic E-state index is 0.185. The molecular weight excluding hydrogens is 144 g/mol. The van der Waals surface area contributed by atoms with Gasteiger partial charge in [0.25, 0.3) is 0 Å². The van der Waals surface area contributed by atoms with E-state index in [0.29, 0.717) is 12.5 Å². The fraction of sp³-hybridized carbons (Fsp3) is 0.875. The number of ether oxygens (including phenoxy) is 1. The molecule has 0 atom stereocenters. The van der Waals surface area contributed by atoms with Gasteiger partial charge < -0.3 is 9.84 Å². The molecular formula is C8H18O3. The first-order valence-electron chi connectivity index (χ1n) is 3.71. The third-order valence-electron chi connectivity index (χ3n) is 1.00. The lowest BCUT2D eigenvalue weighted by Crippen LogP contribution is -2.02.